The van der Waals surface area contributed by atoms with Crippen LogP contribution in [0.15, 0.2) is 0 Å². The van der Waals surface area contributed by atoms with Crippen LogP contribution in [-0.2, 0) is 0 Å². The highest BCUT2D eigenvalue weighted by molar-refractivity contribution is 5.85. The van der Waals surface area contributed by atoms with E-state index in [4.69, 9.17) is 0 Å². The van der Waals surface area contributed by atoms with Gasteiger partial charge in [-0.25, -0.2) is 0 Å². The van der Waals surface area contributed by atoms with Gasteiger partial charge in [0.05, 0.1) is 0 Å². The summed E-state index contributed by atoms with van der Waals surface area (Å²) in [5.41, 5.74) is 0.535. The van der Waals surface area contributed by atoms with Crippen LogP contribution in [0, 0.1) is 5.41 Å². The normalized spacial score (nSPS) is 41.8. The van der Waals surface area contributed by atoms with Gasteiger partial charge in [0.1, 0.15) is 0 Å². The third kappa shape index (κ3) is 2.86. The molecule has 0 bridgehead atoms. The van der Waals surface area contributed by atoms with Crippen LogP contribution >= 0.6 is 12.4 Å². The molecule has 2 nitrogen and oxygen atoms in total. The van der Waals surface area contributed by atoms with E-state index in [1.165, 1.54) is 38.9 Å². The Hall–Kier alpha value is 0.210. The summed E-state index contributed by atoms with van der Waals surface area (Å²) in [5.74, 6) is 0. The van der Waals surface area contributed by atoms with E-state index >= 15 is 0 Å². The lowest BCUT2D eigenvalue weighted by Crippen LogP contribution is -2.42. The maximum absolute atomic E-state index is 3.49. The molecule has 2 heterocycles. The van der Waals surface area contributed by atoms with Gasteiger partial charge in [0.2, 0.25) is 0 Å². The van der Waals surface area contributed by atoms with Crippen LogP contribution in [0.3, 0.4) is 0 Å². The summed E-state index contributed by atoms with van der Waals surface area (Å²) in [7, 11) is 0. The highest BCUT2D eigenvalue weighted by Crippen LogP contribution is 2.31. The molecule has 0 aliphatic carbocycles. The highest BCUT2D eigenvalue weighted by Gasteiger charge is 2.36. The third-order valence-electron chi connectivity index (χ3n) is 4.16. The smallest absolute Gasteiger partial charge is 0.00705 e. The molecular weight excluding hydrogens is 208 g/mol. The van der Waals surface area contributed by atoms with Gasteiger partial charge in [-0.15, -0.1) is 12.4 Å². The van der Waals surface area contributed by atoms with Crippen LogP contribution in [0.5, 0.6) is 0 Å². The van der Waals surface area contributed by atoms with Gasteiger partial charge in [-0.3, -0.25) is 4.90 Å². The molecule has 15 heavy (non-hydrogen) atoms. The van der Waals surface area contributed by atoms with E-state index in [0.717, 1.165) is 12.1 Å². The Morgan fingerprint density at radius 2 is 1.87 bits per heavy atom. The Morgan fingerprint density at radius 1 is 1.27 bits per heavy atom. The molecule has 3 heteroatoms. The molecule has 2 rings (SSSR count). The fourth-order valence-corrected chi connectivity index (χ4v) is 3.00. The van der Waals surface area contributed by atoms with Gasteiger partial charge in [-0.2, -0.15) is 0 Å². The molecule has 0 aromatic rings. The number of rotatable bonds is 2. The van der Waals surface area contributed by atoms with E-state index in [1.54, 1.807) is 0 Å². The first-order valence-electron chi connectivity index (χ1n) is 6.07. The zero-order valence-electron chi connectivity index (χ0n) is 10.3. The van der Waals surface area contributed by atoms with Crippen molar-refractivity contribution < 1.29 is 0 Å². The van der Waals surface area contributed by atoms with Crippen molar-refractivity contribution in [2.75, 3.05) is 19.6 Å². The second-order valence-electron chi connectivity index (χ2n) is 5.69. The van der Waals surface area contributed by atoms with E-state index in [2.05, 4.69) is 31.0 Å². The second-order valence-corrected chi connectivity index (χ2v) is 5.69. The molecule has 3 unspecified atom stereocenters. The minimum Gasteiger partial charge on any atom is -0.316 e. The standard InChI is InChI=1S/C12H24N2.ClH/c1-10-4-5-11(2)14(10)9-12(3)6-7-13-8-12;/h10-11,13H,4-9H2,1-3H3;1H. The summed E-state index contributed by atoms with van der Waals surface area (Å²) in [5, 5.41) is 3.49. The van der Waals surface area contributed by atoms with E-state index in [0.29, 0.717) is 5.41 Å². The predicted molar refractivity (Wildman–Crippen MR) is 67.7 cm³/mol. The first-order valence-corrected chi connectivity index (χ1v) is 6.07. The lowest BCUT2D eigenvalue weighted by atomic mass is 9.88. The summed E-state index contributed by atoms with van der Waals surface area (Å²) in [4.78, 5) is 2.72. The topological polar surface area (TPSA) is 15.3 Å². The molecule has 1 N–H and O–H groups in total. The molecular formula is C12H25ClN2. The Balaban J connectivity index is 0.00000112. The molecule has 2 fully saturated rings. The molecule has 0 radical (unpaired) electrons. The summed E-state index contributed by atoms with van der Waals surface area (Å²) in [6.07, 6.45) is 4.14. The maximum atomic E-state index is 3.49. The number of hydrogen-bond acceptors (Lipinski definition) is 2. The molecule has 0 saturated carbocycles. The van der Waals surface area contributed by atoms with Crippen LogP contribution in [0.25, 0.3) is 0 Å². The quantitative estimate of drug-likeness (QED) is 0.786. The zero-order valence-corrected chi connectivity index (χ0v) is 11.1. The zero-order chi connectivity index (χ0) is 10.2. The molecule has 2 aliphatic heterocycles. The Bertz CT molecular complexity index is 192. The fraction of sp³-hybridized carbons (Fsp3) is 1.00. The van der Waals surface area contributed by atoms with Gasteiger partial charge in [0.25, 0.3) is 0 Å². The van der Waals surface area contributed by atoms with Crippen molar-refractivity contribution in [1.29, 1.82) is 0 Å². The van der Waals surface area contributed by atoms with Gasteiger partial charge < -0.3 is 5.32 Å². The van der Waals surface area contributed by atoms with Gasteiger partial charge in [-0.1, -0.05) is 6.92 Å². The fourth-order valence-electron chi connectivity index (χ4n) is 3.00. The Labute approximate surface area is 100 Å². The summed E-state index contributed by atoms with van der Waals surface area (Å²) in [6, 6.07) is 1.62. The van der Waals surface area contributed by atoms with Crippen molar-refractivity contribution >= 4 is 12.4 Å². The first kappa shape index (κ1) is 13.3. The SMILES string of the molecule is CC1CCC(C)N1CC1(C)CCNC1.Cl. The highest BCUT2D eigenvalue weighted by atomic mass is 35.5. The molecule has 0 amide bonds. The third-order valence-corrected chi connectivity index (χ3v) is 4.16. The van der Waals surface area contributed by atoms with Crippen LogP contribution in [0.1, 0.15) is 40.0 Å². The van der Waals surface area contributed by atoms with E-state index in [1.807, 2.05) is 0 Å². The summed E-state index contributed by atoms with van der Waals surface area (Å²) in [6.45, 7) is 10.9. The van der Waals surface area contributed by atoms with Crippen LogP contribution < -0.4 is 5.32 Å². The van der Waals surface area contributed by atoms with E-state index in [9.17, 15) is 0 Å². The van der Waals surface area contributed by atoms with Gasteiger partial charge in [0.15, 0.2) is 0 Å². The molecule has 0 aromatic carbocycles. The van der Waals surface area contributed by atoms with Gasteiger partial charge >= 0.3 is 0 Å². The number of halogens is 1. The minimum atomic E-state index is 0. The summed E-state index contributed by atoms with van der Waals surface area (Å²) < 4.78 is 0. The Kier molecular flexibility index (Phi) is 4.45. The maximum Gasteiger partial charge on any atom is 0.00705 e. The first-order chi connectivity index (χ1) is 6.61. The van der Waals surface area contributed by atoms with E-state index in [-0.39, 0.29) is 12.4 Å². The lowest BCUT2D eigenvalue weighted by molar-refractivity contribution is 0.138. The van der Waals surface area contributed by atoms with Crippen LogP contribution in [0.4, 0.5) is 0 Å². The average Bonchev–Trinajstić information content (AvgIpc) is 2.68. The lowest BCUT2D eigenvalue weighted by Gasteiger charge is -2.34. The number of nitrogens with zero attached hydrogens (tertiary/aromatic N) is 1. The van der Waals surface area contributed by atoms with Crippen molar-refractivity contribution in [3.8, 4) is 0 Å². The summed E-state index contributed by atoms with van der Waals surface area (Å²) >= 11 is 0. The molecule has 90 valence electrons. The van der Waals surface area contributed by atoms with Gasteiger partial charge in [0, 0.05) is 25.2 Å². The molecule has 2 saturated heterocycles. The predicted octanol–water partition coefficient (Wildman–Crippen LogP) is 2.28. The monoisotopic (exact) mass is 232 g/mol. The van der Waals surface area contributed by atoms with Gasteiger partial charge in [-0.05, 0) is 45.1 Å². The van der Waals surface area contributed by atoms with Crippen molar-refractivity contribution in [3.05, 3.63) is 0 Å². The minimum absolute atomic E-state index is 0. The van der Waals surface area contributed by atoms with Crippen molar-refractivity contribution in [2.24, 2.45) is 5.41 Å². The van der Waals surface area contributed by atoms with Crippen LogP contribution in [-0.4, -0.2) is 36.6 Å². The second kappa shape index (κ2) is 5.03. The van der Waals surface area contributed by atoms with Crippen molar-refractivity contribution in [3.63, 3.8) is 0 Å². The largest absolute Gasteiger partial charge is 0.316 e. The van der Waals surface area contributed by atoms with Crippen LogP contribution in [0.2, 0.25) is 0 Å². The van der Waals surface area contributed by atoms with Crippen molar-refractivity contribution in [1.82, 2.24) is 10.2 Å². The molecule has 2 aliphatic rings. The number of likely N-dealkylation sites (tertiary alicyclic amines) is 1. The Morgan fingerprint density at radius 3 is 2.33 bits per heavy atom. The van der Waals surface area contributed by atoms with Crippen molar-refractivity contribution in [2.45, 2.75) is 52.1 Å². The number of hydrogen-bond donors (Lipinski definition) is 1. The molecule has 0 spiro atoms. The number of nitrogens with one attached hydrogen (secondary N) is 1. The molecule has 0 aromatic heterocycles. The van der Waals surface area contributed by atoms with E-state index < -0.39 is 0 Å². The molecule has 3 atom stereocenters. The average molecular weight is 233 g/mol.